The van der Waals surface area contributed by atoms with Crippen molar-refractivity contribution in [2.24, 2.45) is 5.92 Å². The Morgan fingerprint density at radius 1 is 1.21 bits per heavy atom. The maximum atomic E-state index is 12.4. The molecule has 1 amide bonds. The number of amides is 1. The molecule has 2 aliphatic rings. The standard InChI is InChI=1S/C19H28N2O2.ClH/c1-23-18-9-5-4-8-17(18)20-12-14-21(15-13-20)19(22)11-10-16-6-2-3-7-16;/h4-5,8-9,16H,2-3,6-7,10-15H2,1H3;1H. The average Bonchev–Trinajstić information content (AvgIpc) is 3.13. The topological polar surface area (TPSA) is 34.0 Å². The molecule has 0 bridgehead atoms. The Balaban J connectivity index is 0.00000208. The minimum absolute atomic E-state index is 0. The molecular weight excluding hydrogens is 324 g/mol. The van der Waals surface area contributed by atoms with Gasteiger partial charge in [-0.1, -0.05) is 37.8 Å². The second-order valence-electron chi connectivity index (χ2n) is 6.87. The minimum Gasteiger partial charge on any atom is -1.00 e. The van der Waals surface area contributed by atoms with Crippen molar-refractivity contribution in [1.29, 1.82) is 0 Å². The zero-order valence-electron chi connectivity index (χ0n) is 14.6. The first kappa shape index (κ1) is 19.1. The molecule has 1 aliphatic heterocycles. The van der Waals surface area contributed by atoms with Crippen LogP contribution in [0.2, 0.25) is 0 Å². The number of hydrogen-bond donors (Lipinski definition) is 1. The Morgan fingerprint density at radius 2 is 1.88 bits per heavy atom. The van der Waals surface area contributed by atoms with Gasteiger partial charge in [0.05, 0.1) is 33.3 Å². The molecule has 1 saturated heterocycles. The van der Waals surface area contributed by atoms with Crippen molar-refractivity contribution >= 4 is 11.6 Å². The van der Waals surface area contributed by atoms with E-state index >= 15 is 0 Å². The molecule has 1 aliphatic carbocycles. The highest BCUT2D eigenvalue weighted by molar-refractivity contribution is 5.76. The molecule has 2 fully saturated rings. The number of hydrogen-bond acceptors (Lipinski definition) is 2. The largest absolute Gasteiger partial charge is 1.00 e. The molecule has 1 N–H and O–H groups in total. The molecule has 5 heteroatoms. The molecule has 0 radical (unpaired) electrons. The number of ether oxygens (including phenoxy) is 1. The molecule has 1 aromatic carbocycles. The molecule has 24 heavy (non-hydrogen) atoms. The fourth-order valence-corrected chi connectivity index (χ4v) is 4.02. The summed E-state index contributed by atoms with van der Waals surface area (Å²) >= 11 is 0. The van der Waals surface area contributed by atoms with Crippen LogP contribution in [0.3, 0.4) is 0 Å². The van der Waals surface area contributed by atoms with E-state index in [9.17, 15) is 4.79 Å². The monoisotopic (exact) mass is 352 g/mol. The van der Waals surface area contributed by atoms with Crippen molar-refractivity contribution in [3.05, 3.63) is 24.3 Å². The third-order valence-corrected chi connectivity index (χ3v) is 5.45. The number of methoxy groups -OCH3 is 1. The molecule has 0 unspecified atom stereocenters. The lowest BCUT2D eigenvalue weighted by atomic mass is 10.0. The van der Waals surface area contributed by atoms with Crippen LogP contribution in [0.15, 0.2) is 24.3 Å². The van der Waals surface area contributed by atoms with Crippen molar-refractivity contribution < 1.29 is 26.8 Å². The third-order valence-electron chi connectivity index (χ3n) is 5.45. The van der Waals surface area contributed by atoms with E-state index in [1.807, 2.05) is 12.1 Å². The summed E-state index contributed by atoms with van der Waals surface area (Å²) in [7, 11) is 1.72. The Labute approximate surface area is 151 Å². The van der Waals surface area contributed by atoms with E-state index in [-0.39, 0.29) is 12.4 Å². The van der Waals surface area contributed by atoms with Crippen molar-refractivity contribution in [1.82, 2.24) is 4.90 Å². The van der Waals surface area contributed by atoms with Gasteiger partial charge in [-0.15, -0.1) is 0 Å². The fourth-order valence-electron chi connectivity index (χ4n) is 4.02. The minimum atomic E-state index is 0. The fraction of sp³-hybridized carbons (Fsp3) is 0.632. The van der Waals surface area contributed by atoms with Gasteiger partial charge in [0.15, 0.2) is 11.4 Å². The van der Waals surface area contributed by atoms with Gasteiger partial charge in [0.1, 0.15) is 0 Å². The summed E-state index contributed by atoms with van der Waals surface area (Å²) in [6, 6.07) is 8.21. The number of benzene rings is 1. The van der Waals surface area contributed by atoms with E-state index < -0.39 is 0 Å². The molecule has 1 heterocycles. The number of rotatable bonds is 5. The highest BCUT2D eigenvalue weighted by Gasteiger charge is 2.27. The van der Waals surface area contributed by atoms with Gasteiger partial charge in [0.2, 0.25) is 5.91 Å². The van der Waals surface area contributed by atoms with Crippen LogP contribution in [-0.4, -0.2) is 44.1 Å². The number of quaternary nitrogens is 1. The Kier molecular flexibility index (Phi) is 7.38. The Hall–Kier alpha value is -1.26. The molecule has 0 spiro atoms. The van der Waals surface area contributed by atoms with Crippen molar-refractivity contribution in [3.63, 3.8) is 0 Å². The van der Waals surface area contributed by atoms with Crippen LogP contribution in [0, 0.1) is 5.92 Å². The first-order valence-corrected chi connectivity index (χ1v) is 9.04. The van der Waals surface area contributed by atoms with E-state index in [1.54, 1.807) is 7.11 Å². The van der Waals surface area contributed by atoms with Crippen LogP contribution < -0.4 is 22.0 Å². The van der Waals surface area contributed by atoms with Gasteiger partial charge < -0.3 is 22.0 Å². The van der Waals surface area contributed by atoms with Crippen LogP contribution in [0.4, 0.5) is 5.69 Å². The van der Waals surface area contributed by atoms with Crippen LogP contribution in [0.1, 0.15) is 38.5 Å². The number of piperazine rings is 1. The van der Waals surface area contributed by atoms with Gasteiger partial charge in [0.25, 0.3) is 0 Å². The van der Waals surface area contributed by atoms with E-state index in [0.717, 1.165) is 50.7 Å². The number of halogens is 1. The van der Waals surface area contributed by atoms with Crippen molar-refractivity contribution in [2.45, 2.75) is 38.5 Å². The number of para-hydroxylation sites is 2. The molecule has 1 aromatic rings. The summed E-state index contributed by atoms with van der Waals surface area (Å²) in [4.78, 5) is 15.9. The molecule has 3 rings (SSSR count). The van der Waals surface area contributed by atoms with Gasteiger partial charge in [-0.05, 0) is 18.4 Å². The second kappa shape index (κ2) is 9.28. The summed E-state index contributed by atoms with van der Waals surface area (Å²) in [6.07, 6.45) is 7.23. The summed E-state index contributed by atoms with van der Waals surface area (Å²) in [5.74, 6) is 2.11. The van der Waals surface area contributed by atoms with Crippen molar-refractivity contribution in [2.75, 3.05) is 33.3 Å². The lowest BCUT2D eigenvalue weighted by Gasteiger charge is -2.32. The normalized spacial score (nSPS) is 19.1. The lowest BCUT2D eigenvalue weighted by molar-refractivity contribution is -0.837. The van der Waals surface area contributed by atoms with Gasteiger partial charge >= 0.3 is 0 Å². The average molecular weight is 353 g/mol. The van der Waals surface area contributed by atoms with Gasteiger partial charge in [-0.3, -0.25) is 9.69 Å². The highest BCUT2D eigenvalue weighted by atomic mass is 35.5. The predicted octanol–water partition coefficient (Wildman–Crippen LogP) is -0.972. The van der Waals surface area contributed by atoms with Crippen LogP contribution in [-0.2, 0) is 4.79 Å². The van der Waals surface area contributed by atoms with E-state index in [2.05, 4.69) is 17.0 Å². The number of nitrogens with zero attached hydrogens (tertiary/aromatic N) is 1. The molecule has 0 aromatic heterocycles. The first-order chi connectivity index (χ1) is 11.3. The zero-order valence-corrected chi connectivity index (χ0v) is 15.4. The van der Waals surface area contributed by atoms with Gasteiger partial charge in [-0.25, -0.2) is 0 Å². The smallest absolute Gasteiger partial charge is 0.222 e. The number of carbonyl (C=O) groups is 1. The summed E-state index contributed by atoms with van der Waals surface area (Å²) in [5.41, 5.74) is 1.22. The summed E-state index contributed by atoms with van der Waals surface area (Å²) in [5, 5.41) is 0. The Bertz CT molecular complexity index is 524. The van der Waals surface area contributed by atoms with Gasteiger partial charge in [0, 0.05) is 12.5 Å². The van der Waals surface area contributed by atoms with Gasteiger partial charge in [-0.2, -0.15) is 0 Å². The SMILES string of the molecule is COc1ccccc1[NH+]1CCN(C(=O)CCC2CCCC2)CC1.[Cl-]. The lowest BCUT2D eigenvalue weighted by Crippen LogP contribution is -3.10. The van der Waals surface area contributed by atoms with Crippen molar-refractivity contribution in [3.8, 4) is 5.75 Å². The van der Waals surface area contributed by atoms with Crippen LogP contribution in [0.5, 0.6) is 5.75 Å². The molecule has 4 nitrogen and oxygen atoms in total. The summed E-state index contributed by atoms with van der Waals surface area (Å²) in [6.45, 7) is 3.65. The molecular formula is C19H29ClN2O2. The molecule has 1 saturated carbocycles. The number of nitrogens with one attached hydrogen (secondary N) is 1. The van der Waals surface area contributed by atoms with Crippen LogP contribution in [0.25, 0.3) is 0 Å². The van der Waals surface area contributed by atoms with E-state index in [0.29, 0.717) is 5.91 Å². The van der Waals surface area contributed by atoms with E-state index in [1.165, 1.54) is 36.3 Å². The second-order valence-corrected chi connectivity index (χ2v) is 6.87. The quantitative estimate of drug-likeness (QED) is 0.740. The Morgan fingerprint density at radius 3 is 2.54 bits per heavy atom. The zero-order chi connectivity index (χ0) is 16.1. The maximum absolute atomic E-state index is 12.4. The summed E-state index contributed by atoms with van der Waals surface area (Å²) < 4.78 is 5.47. The van der Waals surface area contributed by atoms with Crippen LogP contribution >= 0.6 is 0 Å². The highest BCUT2D eigenvalue weighted by Crippen LogP contribution is 2.28. The number of carbonyl (C=O) groups excluding carboxylic acids is 1. The maximum Gasteiger partial charge on any atom is 0.222 e. The third kappa shape index (κ3) is 4.64. The predicted molar refractivity (Wildman–Crippen MR) is 91.1 cm³/mol. The first-order valence-electron chi connectivity index (χ1n) is 9.04. The molecule has 0 atom stereocenters. The van der Waals surface area contributed by atoms with E-state index in [4.69, 9.17) is 4.74 Å². The molecule has 134 valence electrons.